The molecule has 20 heavy (non-hydrogen) atoms. The van der Waals surface area contributed by atoms with E-state index in [1.54, 1.807) is 25.1 Å². The quantitative estimate of drug-likeness (QED) is 0.601. The highest BCUT2D eigenvalue weighted by Crippen LogP contribution is 2.25. The summed E-state index contributed by atoms with van der Waals surface area (Å²) in [4.78, 5) is 12.2. The van der Waals surface area contributed by atoms with E-state index in [0.717, 1.165) is 0 Å². The van der Waals surface area contributed by atoms with Crippen molar-refractivity contribution in [2.24, 2.45) is 5.84 Å². The van der Waals surface area contributed by atoms with Crippen LogP contribution in [-0.2, 0) is 0 Å². The van der Waals surface area contributed by atoms with Crippen LogP contribution in [-0.4, -0.2) is 5.91 Å². The van der Waals surface area contributed by atoms with Crippen molar-refractivity contribution in [1.29, 1.82) is 0 Å². The molecule has 6 heteroatoms. The highest BCUT2D eigenvalue weighted by atomic mass is 35.5. The largest absolute Gasteiger partial charge is 0.324 e. The lowest BCUT2D eigenvalue weighted by Gasteiger charge is -2.11. The molecule has 0 spiro atoms. The average molecular weight is 294 g/mol. The summed E-state index contributed by atoms with van der Waals surface area (Å²) in [6.45, 7) is 1.76. The zero-order valence-electron chi connectivity index (χ0n) is 10.7. The molecule has 0 radical (unpaired) electrons. The molecule has 0 aliphatic heterocycles. The van der Waals surface area contributed by atoms with Gasteiger partial charge in [0.1, 0.15) is 5.82 Å². The summed E-state index contributed by atoms with van der Waals surface area (Å²) < 4.78 is 13.6. The van der Waals surface area contributed by atoms with E-state index in [2.05, 4.69) is 10.7 Å². The molecule has 0 saturated carbocycles. The van der Waals surface area contributed by atoms with E-state index in [4.69, 9.17) is 17.4 Å². The van der Waals surface area contributed by atoms with Crippen molar-refractivity contribution in [2.45, 2.75) is 6.92 Å². The highest BCUT2D eigenvalue weighted by molar-refractivity contribution is 6.34. The Kier molecular flexibility index (Phi) is 4.22. The Morgan fingerprint density at radius 1 is 1.30 bits per heavy atom. The van der Waals surface area contributed by atoms with E-state index >= 15 is 0 Å². The Morgan fingerprint density at radius 3 is 2.65 bits per heavy atom. The molecule has 0 unspecified atom stereocenters. The maximum absolute atomic E-state index is 13.6. The summed E-state index contributed by atoms with van der Waals surface area (Å²) in [6.07, 6.45) is 0. The summed E-state index contributed by atoms with van der Waals surface area (Å²) in [7, 11) is 0. The Hall–Kier alpha value is -2.11. The molecule has 0 aromatic heterocycles. The van der Waals surface area contributed by atoms with Gasteiger partial charge in [0.25, 0.3) is 5.91 Å². The number of hydrazine groups is 1. The topological polar surface area (TPSA) is 67.1 Å². The van der Waals surface area contributed by atoms with Gasteiger partial charge in [0.2, 0.25) is 0 Å². The second-order valence-electron chi connectivity index (χ2n) is 4.22. The van der Waals surface area contributed by atoms with Crippen LogP contribution in [0.5, 0.6) is 0 Å². The molecular weight excluding hydrogens is 281 g/mol. The fourth-order valence-electron chi connectivity index (χ4n) is 1.81. The maximum Gasteiger partial charge on any atom is 0.256 e. The van der Waals surface area contributed by atoms with Gasteiger partial charge >= 0.3 is 0 Å². The van der Waals surface area contributed by atoms with Gasteiger partial charge < -0.3 is 10.7 Å². The minimum atomic E-state index is -0.580. The summed E-state index contributed by atoms with van der Waals surface area (Å²) in [5.74, 6) is 4.28. The number of nitrogens with one attached hydrogen (secondary N) is 2. The van der Waals surface area contributed by atoms with Crippen LogP contribution in [0.4, 0.5) is 15.8 Å². The van der Waals surface area contributed by atoms with Crippen LogP contribution in [0.1, 0.15) is 15.9 Å². The van der Waals surface area contributed by atoms with Gasteiger partial charge in [0.15, 0.2) is 0 Å². The number of amides is 1. The van der Waals surface area contributed by atoms with E-state index in [1.165, 1.54) is 18.2 Å². The van der Waals surface area contributed by atoms with Crippen LogP contribution in [0.3, 0.4) is 0 Å². The van der Waals surface area contributed by atoms with Gasteiger partial charge in [0, 0.05) is 11.3 Å². The van der Waals surface area contributed by atoms with Crippen molar-refractivity contribution < 1.29 is 9.18 Å². The standard InChI is InChI=1S/C14H13ClFN3O/c1-8-7-9(19-17)5-6-10(8)14(20)18-13-11(15)3-2-4-12(13)16/h2-7,19H,17H2,1H3,(H,18,20). The van der Waals surface area contributed by atoms with Crippen LogP contribution >= 0.6 is 11.6 Å². The van der Waals surface area contributed by atoms with E-state index in [9.17, 15) is 9.18 Å². The number of carbonyl (C=O) groups is 1. The van der Waals surface area contributed by atoms with Gasteiger partial charge in [-0.2, -0.15) is 0 Å². The molecule has 104 valence electrons. The molecule has 0 aliphatic rings. The van der Waals surface area contributed by atoms with Crippen LogP contribution < -0.4 is 16.6 Å². The van der Waals surface area contributed by atoms with Gasteiger partial charge in [0.05, 0.1) is 10.7 Å². The van der Waals surface area contributed by atoms with E-state index in [-0.39, 0.29) is 10.7 Å². The first-order chi connectivity index (χ1) is 9.52. The number of benzene rings is 2. The minimum Gasteiger partial charge on any atom is -0.324 e. The first-order valence-electron chi connectivity index (χ1n) is 5.85. The summed E-state index contributed by atoms with van der Waals surface area (Å²) in [6, 6.07) is 9.20. The van der Waals surface area contributed by atoms with Crippen LogP contribution in [0, 0.1) is 12.7 Å². The smallest absolute Gasteiger partial charge is 0.256 e. The van der Waals surface area contributed by atoms with Gasteiger partial charge in [-0.05, 0) is 42.8 Å². The van der Waals surface area contributed by atoms with Crippen LogP contribution in [0.15, 0.2) is 36.4 Å². The monoisotopic (exact) mass is 293 g/mol. The lowest BCUT2D eigenvalue weighted by atomic mass is 10.1. The molecule has 0 aliphatic carbocycles. The zero-order valence-corrected chi connectivity index (χ0v) is 11.5. The maximum atomic E-state index is 13.6. The average Bonchev–Trinajstić information content (AvgIpc) is 2.42. The second-order valence-corrected chi connectivity index (χ2v) is 4.63. The number of aryl methyl sites for hydroxylation is 1. The molecule has 2 aromatic rings. The molecule has 2 rings (SSSR count). The van der Waals surface area contributed by atoms with Gasteiger partial charge in [-0.1, -0.05) is 17.7 Å². The van der Waals surface area contributed by atoms with Gasteiger partial charge in [-0.25, -0.2) is 4.39 Å². The number of para-hydroxylation sites is 1. The molecule has 2 aromatic carbocycles. The lowest BCUT2D eigenvalue weighted by Crippen LogP contribution is -2.15. The summed E-state index contributed by atoms with van der Waals surface area (Å²) >= 11 is 5.87. The summed E-state index contributed by atoms with van der Waals surface area (Å²) in [5.41, 5.74) is 4.28. The Labute approximate surface area is 120 Å². The number of nitrogen functional groups attached to an aromatic ring is 1. The molecule has 0 heterocycles. The van der Waals surface area contributed by atoms with Crippen LogP contribution in [0.2, 0.25) is 5.02 Å². The van der Waals surface area contributed by atoms with E-state index < -0.39 is 11.7 Å². The number of carbonyl (C=O) groups excluding carboxylic acids is 1. The lowest BCUT2D eigenvalue weighted by molar-refractivity contribution is 0.102. The number of halogens is 2. The normalized spacial score (nSPS) is 10.2. The Balaban J connectivity index is 2.29. The third kappa shape index (κ3) is 2.89. The molecule has 4 N–H and O–H groups in total. The Bertz CT molecular complexity index is 641. The number of nitrogens with two attached hydrogens (primary N) is 1. The first-order valence-corrected chi connectivity index (χ1v) is 6.23. The molecule has 4 nitrogen and oxygen atoms in total. The Morgan fingerprint density at radius 2 is 2.05 bits per heavy atom. The fraction of sp³-hybridized carbons (Fsp3) is 0.0714. The number of rotatable bonds is 3. The molecular formula is C14H13ClFN3O. The number of hydrogen-bond donors (Lipinski definition) is 3. The van der Waals surface area contributed by atoms with E-state index in [0.29, 0.717) is 16.8 Å². The molecule has 0 atom stereocenters. The zero-order chi connectivity index (χ0) is 14.7. The fourth-order valence-corrected chi connectivity index (χ4v) is 2.02. The molecule has 0 fully saturated rings. The first kappa shape index (κ1) is 14.3. The van der Waals surface area contributed by atoms with Crippen molar-refractivity contribution in [3.05, 3.63) is 58.4 Å². The van der Waals surface area contributed by atoms with Crippen LogP contribution in [0.25, 0.3) is 0 Å². The number of hydrogen-bond acceptors (Lipinski definition) is 3. The third-order valence-corrected chi connectivity index (χ3v) is 3.15. The summed E-state index contributed by atoms with van der Waals surface area (Å²) in [5, 5.41) is 2.62. The third-order valence-electron chi connectivity index (χ3n) is 2.84. The SMILES string of the molecule is Cc1cc(NN)ccc1C(=O)Nc1c(F)cccc1Cl. The predicted octanol–water partition coefficient (Wildman–Crippen LogP) is 3.33. The molecule has 0 bridgehead atoms. The highest BCUT2D eigenvalue weighted by Gasteiger charge is 2.14. The van der Waals surface area contributed by atoms with E-state index in [1.807, 2.05) is 0 Å². The van der Waals surface area contributed by atoms with Gasteiger partial charge in [-0.3, -0.25) is 10.6 Å². The molecule has 0 saturated heterocycles. The van der Waals surface area contributed by atoms with Crippen molar-refractivity contribution in [2.75, 3.05) is 10.7 Å². The van der Waals surface area contributed by atoms with Gasteiger partial charge in [-0.15, -0.1) is 0 Å². The van der Waals surface area contributed by atoms with Crippen molar-refractivity contribution in [1.82, 2.24) is 0 Å². The number of anilines is 2. The van der Waals surface area contributed by atoms with Crippen molar-refractivity contribution in [3.8, 4) is 0 Å². The molecule has 1 amide bonds. The second kappa shape index (κ2) is 5.90. The van der Waals surface area contributed by atoms with Crippen molar-refractivity contribution in [3.63, 3.8) is 0 Å². The minimum absolute atomic E-state index is 0.0282. The van der Waals surface area contributed by atoms with Crippen molar-refractivity contribution >= 4 is 28.9 Å². The predicted molar refractivity (Wildman–Crippen MR) is 78.4 cm³/mol.